The van der Waals surface area contributed by atoms with Crippen LogP contribution in [0.5, 0.6) is 0 Å². The van der Waals surface area contributed by atoms with Crippen molar-refractivity contribution in [3.05, 3.63) is 12.4 Å². The van der Waals surface area contributed by atoms with Crippen LogP contribution in [-0.2, 0) is 0 Å². The molecule has 0 radical (unpaired) electrons. The van der Waals surface area contributed by atoms with Crippen molar-refractivity contribution < 1.29 is 0 Å². The number of aromatic nitrogens is 3. The molecule has 1 aliphatic rings. The molecule has 6 heteroatoms. The van der Waals surface area contributed by atoms with Crippen LogP contribution in [0.3, 0.4) is 0 Å². The lowest BCUT2D eigenvalue weighted by Crippen LogP contribution is -2.23. The summed E-state index contributed by atoms with van der Waals surface area (Å²) in [6.07, 6.45) is 4.74. The maximum atomic E-state index is 4.40. The fraction of sp³-hybridized carbons (Fsp3) is 0.444. The zero-order valence-electron chi connectivity index (χ0n) is 8.10. The van der Waals surface area contributed by atoms with E-state index in [2.05, 4.69) is 25.0 Å². The first kappa shape index (κ1) is 8.99. The molecule has 1 aliphatic heterocycles. The van der Waals surface area contributed by atoms with Crippen molar-refractivity contribution in [2.45, 2.75) is 12.5 Å². The minimum atomic E-state index is 0.454. The molecule has 0 amide bonds. The van der Waals surface area contributed by atoms with Gasteiger partial charge < -0.3 is 10.6 Å². The van der Waals surface area contributed by atoms with Crippen molar-refractivity contribution in [1.82, 2.24) is 19.7 Å². The van der Waals surface area contributed by atoms with Crippen molar-refractivity contribution in [3.8, 4) is 0 Å². The lowest BCUT2D eigenvalue weighted by Gasteiger charge is -2.09. The Bertz CT molecular complexity index is 462. The van der Waals surface area contributed by atoms with Gasteiger partial charge in [-0.05, 0) is 24.5 Å². The smallest absolute Gasteiger partial charge is 0.224 e. The number of hydrogen-bond donors (Lipinski definition) is 2. The van der Waals surface area contributed by atoms with E-state index < -0.39 is 0 Å². The van der Waals surface area contributed by atoms with Gasteiger partial charge in [0.05, 0.1) is 6.20 Å². The van der Waals surface area contributed by atoms with E-state index in [1.165, 1.54) is 11.5 Å². The monoisotopic (exact) mass is 221 g/mol. The Labute approximate surface area is 91.1 Å². The number of fused-ring (bicyclic) bond motifs is 1. The number of anilines is 1. The Morgan fingerprint density at radius 3 is 3.33 bits per heavy atom. The molecule has 0 spiro atoms. The zero-order valence-corrected chi connectivity index (χ0v) is 8.92. The van der Waals surface area contributed by atoms with Gasteiger partial charge in [-0.3, -0.25) is 0 Å². The maximum Gasteiger partial charge on any atom is 0.224 e. The summed E-state index contributed by atoms with van der Waals surface area (Å²) in [5.74, 6) is 0.709. The minimum Gasteiger partial charge on any atom is -0.350 e. The van der Waals surface area contributed by atoms with E-state index in [0.717, 1.165) is 29.7 Å². The Morgan fingerprint density at radius 2 is 2.47 bits per heavy atom. The second-order valence-electron chi connectivity index (χ2n) is 3.61. The van der Waals surface area contributed by atoms with E-state index in [-0.39, 0.29) is 0 Å². The van der Waals surface area contributed by atoms with Gasteiger partial charge in [0.2, 0.25) is 5.95 Å². The van der Waals surface area contributed by atoms with E-state index in [9.17, 15) is 0 Å². The van der Waals surface area contributed by atoms with Crippen molar-refractivity contribution in [3.63, 3.8) is 0 Å². The molecule has 1 fully saturated rings. The highest BCUT2D eigenvalue weighted by atomic mass is 32.1. The van der Waals surface area contributed by atoms with Crippen LogP contribution in [0.15, 0.2) is 12.4 Å². The topological polar surface area (TPSA) is 62.7 Å². The van der Waals surface area contributed by atoms with Crippen LogP contribution in [0.25, 0.3) is 10.2 Å². The molecule has 15 heavy (non-hydrogen) atoms. The van der Waals surface area contributed by atoms with Crippen molar-refractivity contribution in [1.29, 1.82) is 0 Å². The molecule has 1 saturated heterocycles. The summed E-state index contributed by atoms with van der Waals surface area (Å²) >= 11 is 1.40. The number of nitrogens with one attached hydrogen (secondary N) is 2. The van der Waals surface area contributed by atoms with Crippen LogP contribution in [0.2, 0.25) is 0 Å². The Balaban J connectivity index is 1.84. The normalized spacial score (nSPS) is 20.9. The molecule has 2 aromatic heterocycles. The van der Waals surface area contributed by atoms with Gasteiger partial charge in [0.1, 0.15) is 4.83 Å². The molecule has 0 aromatic carbocycles. The minimum absolute atomic E-state index is 0.454. The zero-order chi connectivity index (χ0) is 10.1. The molecular formula is C9H11N5S. The summed E-state index contributed by atoms with van der Waals surface area (Å²) in [5, 5.41) is 7.62. The van der Waals surface area contributed by atoms with Gasteiger partial charge in [-0.15, -0.1) is 0 Å². The van der Waals surface area contributed by atoms with Crippen molar-refractivity contribution >= 4 is 27.7 Å². The lowest BCUT2D eigenvalue weighted by atomic mass is 10.3. The summed E-state index contributed by atoms with van der Waals surface area (Å²) in [6, 6.07) is 0.454. The van der Waals surface area contributed by atoms with Gasteiger partial charge in [-0.1, -0.05) is 0 Å². The van der Waals surface area contributed by atoms with Gasteiger partial charge in [-0.25, -0.2) is 9.97 Å². The third kappa shape index (κ3) is 1.78. The second kappa shape index (κ2) is 3.71. The van der Waals surface area contributed by atoms with E-state index >= 15 is 0 Å². The predicted octanol–water partition coefficient (Wildman–Crippen LogP) is 0.860. The van der Waals surface area contributed by atoms with Gasteiger partial charge in [0, 0.05) is 24.2 Å². The number of nitrogens with zero attached hydrogens (tertiary/aromatic N) is 3. The number of hydrogen-bond acceptors (Lipinski definition) is 6. The van der Waals surface area contributed by atoms with E-state index in [1.54, 1.807) is 6.20 Å². The molecule has 1 unspecified atom stereocenters. The highest BCUT2D eigenvalue weighted by molar-refractivity contribution is 7.12. The molecule has 78 valence electrons. The average molecular weight is 221 g/mol. The Hall–Kier alpha value is -1.27. The third-order valence-electron chi connectivity index (χ3n) is 2.50. The summed E-state index contributed by atoms with van der Waals surface area (Å²) in [7, 11) is 0. The van der Waals surface area contributed by atoms with Gasteiger partial charge in [-0.2, -0.15) is 4.37 Å². The van der Waals surface area contributed by atoms with Crippen LogP contribution in [0.1, 0.15) is 6.42 Å². The van der Waals surface area contributed by atoms with Gasteiger partial charge >= 0.3 is 0 Å². The summed E-state index contributed by atoms with van der Waals surface area (Å²) in [4.78, 5) is 9.61. The quantitative estimate of drug-likeness (QED) is 0.787. The van der Waals surface area contributed by atoms with Gasteiger partial charge in [0.25, 0.3) is 0 Å². The lowest BCUT2D eigenvalue weighted by molar-refractivity contribution is 0.782. The second-order valence-corrected chi connectivity index (χ2v) is 4.39. The molecule has 0 aliphatic carbocycles. The summed E-state index contributed by atoms with van der Waals surface area (Å²) < 4.78 is 4.07. The highest BCUT2D eigenvalue weighted by Gasteiger charge is 2.15. The molecule has 5 nitrogen and oxygen atoms in total. The first-order chi connectivity index (χ1) is 7.42. The van der Waals surface area contributed by atoms with E-state index in [4.69, 9.17) is 0 Å². The Kier molecular flexibility index (Phi) is 2.22. The van der Waals surface area contributed by atoms with E-state index in [0.29, 0.717) is 12.0 Å². The van der Waals surface area contributed by atoms with Crippen LogP contribution >= 0.6 is 11.5 Å². The largest absolute Gasteiger partial charge is 0.350 e. The molecular weight excluding hydrogens is 210 g/mol. The molecule has 1 atom stereocenters. The summed E-state index contributed by atoms with van der Waals surface area (Å²) in [5.41, 5.74) is 0. The van der Waals surface area contributed by atoms with Gasteiger partial charge in [0.15, 0.2) is 0 Å². The van der Waals surface area contributed by atoms with Crippen LogP contribution in [0.4, 0.5) is 5.95 Å². The third-order valence-corrected chi connectivity index (χ3v) is 3.22. The van der Waals surface area contributed by atoms with Crippen LogP contribution in [0, 0.1) is 0 Å². The SMILES string of the molecule is c1nsc2nc(NC3CCNC3)ncc12. The van der Waals surface area contributed by atoms with Crippen molar-refractivity contribution in [2.75, 3.05) is 18.4 Å². The van der Waals surface area contributed by atoms with Crippen LogP contribution in [-0.4, -0.2) is 33.5 Å². The molecule has 0 bridgehead atoms. The molecule has 2 aromatic rings. The maximum absolute atomic E-state index is 4.40. The standard InChI is InChI=1S/C9H11N5S/c1-2-10-5-7(1)13-9-11-3-6-4-12-15-8(6)14-9/h3-4,7,10H,1-2,5H2,(H,11,13,14). The van der Waals surface area contributed by atoms with E-state index in [1.807, 2.05) is 6.20 Å². The fourth-order valence-corrected chi connectivity index (χ4v) is 2.30. The van der Waals surface area contributed by atoms with Crippen LogP contribution < -0.4 is 10.6 Å². The first-order valence-electron chi connectivity index (χ1n) is 4.96. The molecule has 2 N–H and O–H groups in total. The average Bonchev–Trinajstić information content (AvgIpc) is 2.87. The molecule has 3 heterocycles. The van der Waals surface area contributed by atoms with Crippen molar-refractivity contribution in [2.24, 2.45) is 0 Å². The Morgan fingerprint density at radius 1 is 1.47 bits per heavy atom. The molecule has 0 saturated carbocycles. The molecule has 3 rings (SSSR count). The summed E-state index contributed by atoms with van der Waals surface area (Å²) in [6.45, 7) is 2.06. The highest BCUT2D eigenvalue weighted by Crippen LogP contribution is 2.16. The fourth-order valence-electron chi connectivity index (χ4n) is 1.70. The first-order valence-corrected chi connectivity index (χ1v) is 5.74. The number of rotatable bonds is 2. The predicted molar refractivity (Wildman–Crippen MR) is 60.1 cm³/mol.